The third-order valence-corrected chi connectivity index (χ3v) is 5.49. The number of carbonyl (C=O) groups excluding carboxylic acids is 1. The van der Waals surface area contributed by atoms with Gasteiger partial charge in [0.05, 0.1) is 18.1 Å². The van der Waals surface area contributed by atoms with Crippen LogP contribution in [0.2, 0.25) is 0 Å². The number of hydrogen-bond acceptors (Lipinski definition) is 2. The highest BCUT2D eigenvalue weighted by Crippen LogP contribution is 2.62. The Bertz CT molecular complexity index is 426. The van der Waals surface area contributed by atoms with Gasteiger partial charge in [-0.2, -0.15) is 0 Å². The first-order chi connectivity index (χ1) is 9.03. The lowest BCUT2D eigenvalue weighted by Crippen LogP contribution is -2.49. The zero-order valence-electron chi connectivity index (χ0n) is 13.5. The third kappa shape index (κ3) is 1.71. The number of rotatable bonds is 0. The molecule has 2 bridgehead atoms. The quantitative estimate of drug-likeness (QED) is 0.739. The molecule has 112 valence electrons. The summed E-state index contributed by atoms with van der Waals surface area (Å²) in [5.41, 5.74) is 1.19. The molecule has 3 aliphatic heterocycles. The minimum Gasteiger partial charge on any atom is -0.373 e. The molecule has 0 aromatic rings. The van der Waals surface area contributed by atoms with Crippen molar-refractivity contribution in [3.8, 4) is 0 Å². The molecule has 0 aliphatic carbocycles. The van der Waals surface area contributed by atoms with E-state index in [2.05, 4.69) is 53.4 Å². The summed E-state index contributed by atoms with van der Waals surface area (Å²) in [5.74, 6) is 1.17. The molecule has 3 saturated heterocycles. The van der Waals surface area contributed by atoms with Gasteiger partial charge < -0.3 is 10.1 Å². The summed E-state index contributed by atoms with van der Waals surface area (Å²) in [6.07, 6.45) is 0.189. The molecule has 0 radical (unpaired) electrons. The van der Waals surface area contributed by atoms with Crippen LogP contribution in [0, 0.1) is 34.5 Å². The van der Waals surface area contributed by atoms with E-state index in [0.29, 0.717) is 11.8 Å². The van der Waals surface area contributed by atoms with Crippen molar-refractivity contribution >= 4 is 5.91 Å². The molecule has 3 aliphatic rings. The number of carbonyl (C=O) groups is 1. The molecule has 6 unspecified atom stereocenters. The Morgan fingerprint density at radius 1 is 0.950 bits per heavy atom. The van der Waals surface area contributed by atoms with Gasteiger partial charge in [0, 0.05) is 11.6 Å². The lowest BCUT2D eigenvalue weighted by atomic mass is 9.55. The van der Waals surface area contributed by atoms with Gasteiger partial charge in [-0.25, -0.2) is 0 Å². The van der Waals surface area contributed by atoms with Crippen LogP contribution in [-0.2, 0) is 9.53 Å². The zero-order valence-corrected chi connectivity index (χ0v) is 13.5. The summed E-state index contributed by atoms with van der Waals surface area (Å²) < 4.78 is 6.34. The molecule has 3 nitrogen and oxygen atoms in total. The first kappa shape index (κ1) is 14.1. The number of amides is 1. The van der Waals surface area contributed by atoms with Crippen LogP contribution < -0.4 is 5.32 Å². The topological polar surface area (TPSA) is 38.3 Å². The second-order valence-electron chi connectivity index (χ2n) is 8.91. The molecule has 3 heteroatoms. The van der Waals surface area contributed by atoms with Gasteiger partial charge in [0.2, 0.25) is 5.91 Å². The Kier molecular flexibility index (Phi) is 2.74. The summed E-state index contributed by atoms with van der Waals surface area (Å²) >= 11 is 0. The molecule has 1 amide bonds. The largest absolute Gasteiger partial charge is 0.373 e. The predicted molar refractivity (Wildman–Crippen MR) is 78.8 cm³/mol. The van der Waals surface area contributed by atoms with Crippen molar-refractivity contribution in [2.75, 3.05) is 0 Å². The van der Waals surface area contributed by atoms with Gasteiger partial charge in [-0.1, -0.05) is 48.1 Å². The molecule has 0 aromatic heterocycles. The maximum atomic E-state index is 12.2. The Morgan fingerprint density at radius 3 is 1.85 bits per heavy atom. The maximum Gasteiger partial charge on any atom is 0.230 e. The first-order valence-electron chi connectivity index (χ1n) is 7.68. The number of ether oxygens (including phenoxy) is 1. The van der Waals surface area contributed by atoms with Gasteiger partial charge in [-0.15, -0.1) is 0 Å². The molecule has 1 N–H and O–H groups in total. The Labute approximate surface area is 122 Å². The summed E-state index contributed by atoms with van der Waals surface area (Å²) in [6, 6.07) is 0. The van der Waals surface area contributed by atoms with Crippen LogP contribution in [0.25, 0.3) is 0 Å². The van der Waals surface area contributed by atoms with Crippen molar-refractivity contribution < 1.29 is 9.53 Å². The highest BCUT2D eigenvalue weighted by Gasteiger charge is 2.68. The zero-order chi connectivity index (χ0) is 15.0. The molecule has 6 atom stereocenters. The SMILES string of the molecule is C=C1NC(=O)C2C3OC(C12)C(C(C)(C)C)C3C(C)(C)C. The maximum absolute atomic E-state index is 12.2. The summed E-state index contributed by atoms with van der Waals surface area (Å²) in [7, 11) is 0. The lowest BCUT2D eigenvalue weighted by Gasteiger charge is -2.46. The van der Waals surface area contributed by atoms with Crippen LogP contribution in [0.1, 0.15) is 41.5 Å². The van der Waals surface area contributed by atoms with Crippen molar-refractivity contribution in [1.82, 2.24) is 5.32 Å². The van der Waals surface area contributed by atoms with Crippen LogP contribution in [0.5, 0.6) is 0 Å². The second-order valence-corrected chi connectivity index (χ2v) is 8.91. The Balaban J connectivity index is 2.05. The van der Waals surface area contributed by atoms with E-state index in [-0.39, 0.29) is 40.8 Å². The Morgan fingerprint density at radius 2 is 1.40 bits per heavy atom. The fourth-order valence-electron chi connectivity index (χ4n) is 4.90. The third-order valence-electron chi connectivity index (χ3n) is 5.49. The van der Waals surface area contributed by atoms with Gasteiger partial charge in [0.1, 0.15) is 0 Å². The van der Waals surface area contributed by atoms with Crippen molar-refractivity contribution in [3.05, 3.63) is 12.3 Å². The smallest absolute Gasteiger partial charge is 0.230 e. The van der Waals surface area contributed by atoms with E-state index in [9.17, 15) is 4.79 Å². The predicted octanol–water partition coefficient (Wildman–Crippen LogP) is 2.97. The van der Waals surface area contributed by atoms with E-state index in [4.69, 9.17) is 4.74 Å². The molecule has 3 fully saturated rings. The van der Waals surface area contributed by atoms with Crippen molar-refractivity contribution in [3.63, 3.8) is 0 Å². The fraction of sp³-hybridized carbons (Fsp3) is 0.824. The number of hydrogen-bond donors (Lipinski definition) is 1. The molecule has 0 saturated carbocycles. The second kappa shape index (κ2) is 3.88. The summed E-state index contributed by atoms with van der Waals surface area (Å²) in [6.45, 7) is 17.8. The molecule has 0 aromatic carbocycles. The van der Waals surface area contributed by atoms with Gasteiger partial charge in [0.15, 0.2) is 0 Å². The van der Waals surface area contributed by atoms with Crippen LogP contribution >= 0.6 is 0 Å². The Hall–Kier alpha value is -0.830. The standard InChI is InChI=1S/C17H27NO2/c1-8-9-10(15(19)18-8)14-12(17(5,6)7)11(13(9)20-14)16(2,3)4/h9-14H,1H2,2-7H3,(H,18,19). The average molecular weight is 277 g/mol. The fourth-order valence-corrected chi connectivity index (χ4v) is 4.90. The van der Waals surface area contributed by atoms with Crippen molar-refractivity contribution in [2.45, 2.75) is 53.8 Å². The van der Waals surface area contributed by atoms with Crippen LogP contribution in [0.3, 0.4) is 0 Å². The summed E-state index contributed by atoms with van der Waals surface area (Å²) in [5, 5.41) is 2.95. The van der Waals surface area contributed by atoms with Gasteiger partial charge >= 0.3 is 0 Å². The first-order valence-corrected chi connectivity index (χ1v) is 7.68. The molecular formula is C17H27NO2. The minimum atomic E-state index is -0.0182. The molecule has 3 rings (SSSR count). The van der Waals surface area contributed by atoms with Crippen LogP contribution in [0.15, 0.2) is 12.3 Å². The highest BCUT2D eigenvalue weighted by atomic mass is 16.5. The van der Waals surface area contributed by atoms with Crippen molar-refractivity contribution in [2.24, 2.45) is 34.5 Å². The number of nitrogens with one attached hydrogen (secondary N) is 1. The number of fused-ring (bicyclic) bond motifs is 5. The van der Waals surface area contributed by atoms with Crippen molar-refractivity contribution in [1.29, 1.82) is 0 Å². The van der Waals surface area contributed by atoms with Crippen LogP contribution in [0.4, 0.5) is 0 Å². The van der Waals surface area contributed by atoms with Gasteiger partial charge in [-0.05, 0) is 22.7 Å². The molecule has 0 spiro atoms. The van der Waals surface area contributed by atoms with Gasteiger partial charge in [-0.3, -0.25) is 4.79 Å². The van der Waals surface area contributed by atoms with E-state index >= 15 is 0 Å². The molecular weight excluding hydrogens is 250 g/mol. The minimum absolute atomic E-state index is 0.0182. The molecule has 3 heterocycles. The highest BCUT2D eigenvalue weighted by molar-refractivity contribution is 5.86. The van der Waals surface area contributed by atoms with E-state index in [1.165, 1.54) is 0 Å². The lowest BCUT2D eigenvalue weighted by molar-refractivity contribution is -0.126. The van der Waals surface area contributed by atoms with E-state index < -0.39 is 0 Å². The normalized spacial score (nSPS) is 43.9. The molecule has 20 heavy (non-hydrogen) atoms. The van der Waals surface area contributed by atoms with E-state index in [1.807, 2.05) is 0 Å². The average Bonchev–Trinajstić information content (AvgIpc) is 2.86. The monoisotopic (exact) mass is 277 g/mol. The van der Waals surface area contributed by atoms with Gasteiger partial charge in [0.25, 0.3) is 0 Å². The van der Waals surface area contributed by atoms with E-state index in [1.54, 1.807) is 0 Å². The van der Waals surface area contributed by atoms with Crippen LogP contribution in [-0.4, -0.2) is 18.1 Å². The van der Waals surface area contributed by atoms with E-state index in [0.717, 1.165) is 5.70 Å². The summed E-state index contributed by atoms with van der Waals surface area (Å²) in [4.78, 5) is 12.2.